The molecule has 0 bridgehead atoms. The second-order valence-electron chi connectivity index (χ2n) is 8.50. The summed E-state index contributed by atoms with van der Waals surface area (Å²) in [6.07, 6.45) is 2.20. The first-order valence-corrected chi connectivity index (χ1v) is 11.5. The fraction of sp³-hybridized carbons (Fsp3) is 0.458. The van der Waals surface area contributed by atoms with Gasteiger partial charge < -0.3 is 14.4 Å². The molecule has 8 nitrogen and oxygen atoms in total. The minimum Gasteiger partial charge on any atom is -0.495 e. The Bertz CT molecular complexity index is 1050. The summed E-state index contributed by atoms with van der Waals surface area (Å²) in [5.74, 6) is 1.39. The molecule has 2 fully saturated rings. The fourth-order valence-corrected chi connectivity index (χ4v) is 4.80. The van der Waals surface area contributed by atoms with Crippen molar-refractivity contribution in [2.45, 2.75) is 31.5 Å². The summed E-state index contributed by atoms with van der Waals surface area (Å²) in [4.78, 5) is 4.71. The Morgan fingerprint density at radius 2 is 1.88 bits per heavy atom. The van der Waals surface area contributed by atoms with E-state index in [-0.39, 0.29) is 18.0 Å². The highest BCUT2D eigenvalue weighted by molar-refractivity contribution is 5.58. The number of rotatable bonds is 7. The van der Waals surface area contributed by atoms with Crippen LogP contribution in [0.5, 0.6) is 5.75 Å². The Morgan fingerprint density at radius 1 is 1.09 bits per heavy atom. The van der Waals surface area contributed by atoms with Gasteiger partial charge in [-0.1, -0.05) is 24.3 Å². The average molecular weight is 453 g/mol. The Morgan fingerprint density at radius 3 is 2.61 bits per heavy atom. The minimum absolute atomic E-state index is 0.128. The lowest BCUT2D eigenvalue weighted by Crippen LogP contribution is -2.48. The van der Waals surface area contributed by atoms with Crippen LogP contribution in [-0.4, -0.2) is 71.1 Å². The molecule has 3 aromatic rings. The zero-order valence-corrected chi connectivity index (χ0v) is 18.8. The monoisotopic (exact) mass is 452 g/mol. The molecule has 2 aliphatic rings. The molecule has 3 heterocycles. The van der Waals surface area contributed by atoms with E-state index >= 15 is 0 Å². The summed E-state index contributed by atoms with van der Waals surface area (Å²) < 4.78 is 26.9. The molecule has 0 spiro atoms. The zero-order chi connectivity index (χ0) is 22.6. The van der Waals surface area contributed by atoms with Gasteiger partial charge in [-0.05, 0) is 53.1 Å². The molecule has 5 rings (SSSR count). The second-order valence-corrected chi connectivity index (χ2v) is 8.50. The van der Waals surface area contributed by atoms with Gasteiger partial charge in [0.15, 0.2) is 5.82 Å². The summed E-state index contributed by atoms with van der Waals surface area (Å²) in [7, 11) is 1.70. The van der Waals surface area contributed by atoms with Gasteiger partial charge in [0.05, 0.1) is 31.5 Å². The van der Waals surface area contributed by atoms with Gasteiger partial charge in [0.25, 0.3) is 0 Å². The van der Waals surface area contributed by atoms with Crippen LogP contribution in [-0.2, 0) is 11.3 Å². The molecule has 0 radical (unpaired) electrons. The molecule has 0 aliphatic carbocycles. The lowest BCUT2D eigenvalue weighted by molar-refractivity contribution is 0.0906. The van der Waals surface area contributed by atoms with Gasteiger partial charge in [-0.25, -0.2) is 9.07 Å². The molecule has 174 valence electrons. The van der Waals surface area contributed by atoms with Crippen molar-refractivity contribution in [2.75, 3.05) is 44.8 Å². The van der Waals surface area contributed by atoms with Gasteiger partial charge in [-0.2, -0.15) is 0 Å². The van der Waals surface area contributed by atoms with E-state index in [2.05, 4.69) is 31.4 Å². The lowest BCUT2D eigenvalue weighted by Gasteiger charge is -2.40. The van der Waals surface area contributed by atoms with E-state index in [9.17, 15) is 4.39 Å². The van der Waals surface area contributed by atoms with Gasteiger partial charge in [0, 0.05) is 32.8 Å². The predicted molar refractivity (Wildman–Crippen MR) is 122 cm³/mol. The molecule has 2 aromatic carbocycles. The molecule has 1 aromatic heterocycles. The normalized spacial score (nSPS) is 20.2. The molecule has 0 unspecified atom stereocenters. The molecular weight excluding hydrogens is 423 g/mol. The van der Waals surface area contributed by atoms with E-state index in [1.165, 1.54) is 12.1 Å². The number of anilines is 1. The molecule has 2 aliphatic heterocycles. The summed E-state index contributed by atoms with van der Waals surface area (Å²) in [5.41, 5.74) is 2.08. The van der Waals surface area contributed by atoms with Crippen molar-refractivity contribution in [3.63, 3.8) is 0 Å². The number of piperazine rings is 1. The number of halogens is 1. The van der Waals surface area contributed by atoms with E-state index < -0.39 is 0 Å². The summed E-state index contributed by atoms with van der Waals surface area (Å²) >= 11 is 0. The first-order valence-electron chi connectivity index (χ1n) is 11.5. The number of methoxy groups -OCH3 is 1. The van der Waals surface area contributed by atoms with E-state index in [4.69, 9.17) is 9.47 Å². The maximum absolute atomic E-state index is 13.7. The van der Waals surface area contributed by atoms with Crippen molar-refractivity contribution in [3.05, 3.63) is 65.7 Å². The average Bonchev–Trinajstić information content (AvgIpc) is 3.54. The van der Waals surface area contributed by atoms with Crippen molar-refractivity contribution in [1.82, 2.24) is 25.1 Å². The number of nitrogens with zero attached hydrogens (tertiary/aromatic N) is 6. The highest BCUT2D eigenvalue weighted by atomic mass is 19.1. The summed E-state index contributed by atoms with van der Waals surface area (Å²) in [6.45, 7) is 4.71. The van der Waals surface area contributed by atoms with Gasteiger partial charge in [-0.3, -0.25) is 4.90 Å². The van der Waals surface area contributed by atoms with Gasteiger partial charge in [0.2, 0.25) is 0 Å². The summed E-state index contributed by atoms with van der Waals surface area (Å²) in [5, 5.41) is 12.7. The number of para-hydroxylation sites is 2. The van der Waals surface area contributed by atoms with Crippen LogP contribution in [0.1, 0.15) is 30.3 Å². The third kappa shape index (κ3) is 4.69. The van der Waals surface area contributed by atoms with Crippen LogP contribution in [0, 0.1) is 5.82 Å². The largest absolute Gasteiger partial charge is 0.495 e. The Kier molecular flexibility index (Phi) is 6.50. The number of aromatic nitrogens is 4. The second kappa shape index (κ2) is 9.84. The molecule has 2 saturated heterocycles. The van der Waals surface area contributed by atoms with Crippen molar-refractivity contribution in [1.29, 1.82) is 0 Å². The number of hydrogen-bond donors (Lipinski definition) is 0. The molecule has 33 heavy (non-hydrogen) atoms. The van der Waals surface area contributed by atoms with Crippen LogP contribution in [0.2, 0.25) is 0 Å². The maximum atomic E-state index is 13.7. The highest BCUT2D eigenvalue weighted by Gasteiger charge is 2.32. The van der Waals surface area contributed by atoms with Crippen molar-refractivity contribution in [3.8, 4) is 5.75 Å². The third-order valence-electron chi connectivity index (χ3n) is 6.50. The van der Waals surface area contributed by atoms with E-state index in [0.717, 1.165) is 68.5 Å². The van der Waals surface area contributed by atoms with Crippen molar-refractivity contribution < 1.29 is 13.9 Å². The molecule has 0 saturated carbocycles. The van der Waals surface area contributed by atoms with Crippen molar-refractivity contribution >= 4 is 5.69 Å². The lowest BCUT2D eigenvalue weighted by atomic mass is 10.0. The van der Waals surface area contributed by atoms with Crippen molar-refractivity contribution in [2.24, 2.45) is 0 Å². The number of tetrazole rings is 1. The van der Waals surface area contributed by atoms with Gasteiger partial charge >= 0.3 is 0 Å². The van der Waals surface area contributed by atoms with Crippen LogP contribution in [0.4, 0.5) is 10.1 Å². The minimum atomic E-state index is -0.252. The number of benzene rings is 2. The fourth-order valence-electron chi connectivity index (χ4n) is 4.80. The third-order valence-corrected chi connectivity index (χ3v) is 6.50. The molecule has 2 atom stereocenters. The first kappa shape index (κ1) is 21.8. The van der Waals surface area contributed by atoms with Crippen LogP contribution in [0.3, 0.4) is 0 Å². The standard InChI is InChI=1S/C24H29FN6O2/c1-32-22-7-3-2-6-21(22)29-12-14-30(15-13-29)23(18-8-10-19(25)11-9-18)24-26-27-28-31(24)17-20-5-4-16-33-20/h2-3,6-11,20,23H,4-5,12-17H2,1H3/t20-,23-/m1/s1. The van der Waals surface area contributed by atoms with Crippen LogP contribution >= 0.6 is 0 Å². The van der Waals surface area contributed by atoms with E-state index in [1.54, 1.807) is 7.11 Å². The predicted octanol–water partition coefficient (Wildman–Crippen LogP) is 2.91. The molecular formula is C24H29FN6O2. The van der Waals surface area contributed by atoms with Crippen LogP contribution in [0.15, 0.2) is 48.5 Å². The van der Waals surface area contributed by atoms with Gasteiger partial charge in [0.1, 0.15) is 11.6 Å². The summed E-state index contributed by atoms with van der Waals surface area (Å²) in [6, 6.07) is 14.6. The highest BCUT2D eigenvalue weighted by Crippen LogP contribution is 2.32. The van der Waals surface area contributed by atoms with Crippen LogP contribution < -0.4 is 9.64 Å². The SMILES string of the molecule is COc1ccccc1N1CCN([C@H](c2ccc(F)cc2)c2nnnn2C[C@H]2CCCO2)CC1. The maximum Gasteiger partial charge on any atom is 0.173 e. The number of hydrogen-bond acceptors (Lipinski definition) is 7. The van der Waals surface area contributed by atoms with Crippen LogP contribution in [0.25, 0.3) is 0 Å². The topological polar surface area (TPSA) is 68.5 Å². The Labute approximate surface area is 192 Å². The number of ether oxygens (including phenoxy) is 2. The Hall–Kier alpha value is -3.04. The van der Waals surface area contributed by atoms with E-state index in [0.29, 0.717) is 6.54 Å². The first-order chi connectivity index (χ1) is 16.2. The zero-order valence-electron chi connectivity index (χ0n) is 18.8. The molecule has 9 heteroatoms. The quantitative estimate of drug-likeness (QED) is 0.546. The van der Waals surface area contributed by atoms with E-state index in [1.807, 2.05) is 35.0 Å². The molecule has 0 amide bonds. The van der Waals surface area contributed by atoms with Gasteiger partial charge in [-0.15, -0.1) is 5.10 Å². The molecule has 0 N–H and O–H groups in total. The smallest absolute Gasteiger partial charge is 0.173 e. The Balaban J connectivity index is 1.40.